The van der Waals surface area contributed by atoms with E-state index >= 15 is 0 Å². The van der Waals surface area contributed by atoms with E-state index in [1.54, 1.807) is 0 Å². The van der Waals surface area contributed by atoms with Gasteiger partial charge in [0.25, 0.3) is 0 Å². The van der Waals surface area contributed by atoms with Crippen LogP contribution >= 0.6 is 0 Å². The summed E-state index contributed by atoms with van der Waals surface area (Å²) in [4.78, 5) is 2.47. The first-order valence-electron chi connectivity index (χ1n) is 7.89. The molecule has 0 heterocycles. The molecule has 2 atom stereocenters. The maximum Gasteiger partial charge on any atom is 0.108 e. The Labute approximate surface area is 119 Å². The highest BCUT2D eigenvalue weighted by atomic mass is 15.1. The summed E-state index contributed by atoms with van der Waals surface area (Å²) >= 11 is 0. The summed E-state index contributed by atoms with van der Waals surface area (Å²) in [5.74, 6) is 0.755. The quantitative estimate of drug-likeness (QED) is 0.768. The van der Waals surface area contributed by atoms with E-state index in [1.807, 2.05) is 0 Å². The van der Waals surface area contributed by atoms with Gasteiger partial charge in [-0.1, -0.05) is 20.8 Å². The Hall–Kier alpha value is -0.590. The fourth-order valence-electron chi connectivity index (χ4n) is 2.93. The molecule has 0 radical (unpaired) electrons. The highest BCUT2D eigenvalue weighted by molar-refractivity contribution is 5.11. The van der Waals surface area contributed by atoms with Crippen LogP contribution in [0.1, 0.15) is 59.3 Å². The number of nitrogens with one attached hydrogen (secondary N) is 1. The molecule has 1 aliphatic carbocycles. The summed E-state index contributed by atoms with van der Waals surface area (Å²) in [6.07, 6.45) is 6.75. The van der Waals surface area contributed by atoms with E-state index in [2.05, 4.69) is 44.1 Å². The van der Waals surface area contributed by atoms with Crippen LogP contribution in [0.2, 0.25) is 0 Å². The molecule has 110 valence electrons. The van der Waals surface area contributed by atoms with Crippen molar-refractivity contribution in [3.8, 4) is 6.07 Å². The first kappa shape index (κ1) is 16.5. The standard InChI is InChI=1S/C16H31N3/c1-5-10-18-16(13-17)9-6-7-15(12-16)19(4)11-8-14(2)3/h14-15,18H,5-12H2,1-4H3. The predicted octanol–water partition coefficient (Wildman–Crippen LogP) is 3.17. The second-order valence-electron chi connectivity index (χ2n) is 6.53. The Morgan fingerprint density at radius 3 is 2.79 bits per heavy atom. The fourth-order valence-corrected chi connectivity index (χ4v) is 2.93. The van der Waals surface area contributed by atoms with E-state index in [9.17, 15) is 5.26 Å². The topological polar surface area (TPSA) is 39.1 Å². The zero-order valence-corrected chi connectivity index (χ0v) is 13.2. The van der Waals surface area contributed by atoms with Crippen LogP contribution in [-0.2, 0) is 0 Å². The summed E-state index contributed by atoms with van der Waals surface area (Å²) in [5.41, 5.74) is -0.273. The molecule has 0 aromatic heterocycles. The minimum absolute atomic E-state index is 0.273. The summed E-state index contributed by atoms with van der Waals surface area (Å²) in [5, 5.41) is 13.1. The van der Waals surface area contributed by atoms with Gasteiger partial charge >= 0.3 is 0 Å². The van der Waals surface area contributed by atoms with E-state index in [-0.39, 0.29) is 5.54 Å². The molecule has 1 rings (SSSR count). The molecule has 3 heteroatoms. The monoisotopic (exact) mass is 265 g/mol. The highest BCUT2D eigenvalue weighted by Gasteiger charge is 2.37. The maximum absolute atomic E-state index is 9.55. The van der Waals surface area contributed by atoms with Crippen molar-refractivity contribution >= 4 is 0 Å². The Kier molecular flexibility index (Phi) is 6.82. The molecule has 0 saturated heterocycles. The third-order valence-electron chi connectivity index (χ3n) is 4.33. The highest BCUT2D eigenvalue weighted by Crippen LogP contribution is 2.30. The number of rotatable bonds is 7. The summed E-state index contributed by atoms with van der Waals surface area (Å²) < 4.78 is 0. The summed E-state index contributed by atoms with van der Waals surface area (Å²) in [6.45, 7) is 8.81. The zero-order chi connectivity index (χ0) is 14.3. The van der Waals surface area contributed by atoms with Crippen LogP contribution in [0.5, 0.6) is 0 Å². The van der Waals surface area contributed by atoms with Gasteiger partial charge in [-0.05, 0) is 64.6 Å². The molecule has 0 bridgehead atoms. The lowest BCUT2D eigenvalue weighted by atomic mass is 9.79. The molecule has 0 amide bonds. The minimum atomic E-state index is -0.273. The minimum Gasteiger partial charge on any atom is -0.303 e. The van der Waals surface area contributed by atoms with E-state index in [0.717, 1.165) is 38.3 Å². The largest absolute Gasteiger partial charge is 0.303 e. The number of nitriles is 1. The molecule has 19 heavy (non-hydrogen) atoms. The van der Waals surface area contributed by atoms with Crippen molar-refractivity contribution in [2.75, 3.05) is 20.1 Å². The molecule has 2 unspecified atom stereocenters. The molecule has 1 N–H and O–H groups in total. The number of nitrogens with zero attached hydrogens (tertiary/aromatic N) is 2. The van der Waals surface area contributed by atoms with Gasteiger partial charge in [-0.3, -0.25) is 5.32 Å². The molecule has 1 fully saturated rings. The van der Waals surface area contributed by atoms with Crippen LogP contribution < -0.4 is 5.32 Å². The van der Waals surface area contributed by atoms with Gasteiger partial charge in [-0.2, -0.15) is 5.26 Å². The van der Waals surface area contributed by atoms with Crippen molar-refractivity contribution in [1.82, 2.24) is 10.2 Å². The first-order valence-corrected chi connectivity index (χ1v) is 7.89. The molecular weight excluding hydrogens is 234 g/mol. The number of hydrogen-bond donors (Lipinski definition) is 1. The molecule has 1 aliphatic rings. The molecule has 0 spiro atoms. The third kappa shape index (κ3) is 5.12. The van der Waals surface area contributed by atoms with Crippen LogP contribution in [0.15, 0.2) is 0 Å². The smallest absolute Gasteiger partial charge is 0.108 e. The Morgan fingerprint density at radius 1 is 1.47 bits per heavy atom. The van der Waals surface area contributed by atoms with Crippen LogP contribution in [0.25, 0.3) is 0 Å². The van der Waals surface area contributed by atoms with E-state index in [1.165, 1.54) is 19.3 Å². The van der Waals surface area contributed by atoms with Gasteiger partial charge in [0.05, 0.1) is 6.07 Å². The van der Waals surface area contributed by atoms with Crippen molar-refractivity contribution in [3.63, 3.8) is 0 Å². The van der Waals surface area contributed by atoms with Gasteiger partial charge in [-0.15, -0.1) is 0 Å². The molecule has 3 nitrogen and oxygen atoms in total. The Balaban J connectivity index is 2.54. The van der Waals surface area contributed by atoms with Crippen LogP contribution in [-0.4, -0.2) is 36.6 Å². The lowest BCUT2D eigenvalue weighted by Crippen LogP contribution is -2.52. The molecular formula is C16H31N3. The van der Waals surface area contributed by atoms with Crippen LogP contribution in [0, 0.1) is 17.2 Å². The second-order valence-corrected chi connectivity index (χ2v) is 6.53. The van der Waals surface area contributed by atoms with Gasteiger partial charge < -0.3 is 4.90 Å². The van der Waals surface area contributed by atoms with Crippen LogP contribution in [0.4, 0.5) is 0 Å². The first-order chi connectivity index (χ1) is 9.03. The van der Waals surface area contributed by atoms with Gasteiger partial charge in [0.15, 0.2) is 0 Å². The van der Waals surface area contributed by atoms with E-state index in [4.69, 9.17) is 0 Å². The van der Waals surface area contributed by atoms with Gasteiger partial charge in [0, 0.05) is 6.04 Å². The Morgan fingerprint density at radius 2 is 2.21 bits per heavy atom. The maximum atomic E-state index is 9.55. The lowest BCUT2D eigenvalue weighted by Gasteiger charge is -2.40. The number of hydrogen-bond acceptors (Lipinski definition) is 3. The van der Waals surface area contributed by atoms with Gasteiger partial charge in [-0.25, -0.2) is 0 Å². The third-order valence-corrected chi connectivity index (χ3v) is 4.33. The van der Waals surface area contributed by atoms with Gasteiger partial charge in [0.1, 0.15) is 5.54 Å². The van der Waals surface area contributed by atoms with Crippen molar-refractivity contribution in [2.45, 2.75) is 70.9 Å². The normalized spacial score (nSPS) is 27.7. The molecule has 0 aromatic carbocycles. The van der Waals surface area contributed by atoms with Gasteiger partial charge in [0.2, 0.25) is 0 Å². The SMILES string of the molecule is CCCNC1(C#N)CCCC(N(C)CCC(C)C)C1. The van der Waals surface area contributed by atoms with Crippen molar-refractivity contribution in [2.24, 2.45) is 5.92 Å². The lowest BCUT2D eigenvalue weighted by molar-refractivity contribution is 0.139. The molecule has 1 saturated carbocycles. The fraction of sp³-hybridized carbons (Fsp3) is 0.938. The summed E-state index contributed by atoms with van der Waals surface area (Å²) in [6, 6.07) is 3.13. The van der Waals surface area contributed by atoms with E-state index < -0.39 is 0 Å². The Bertz CT molecular complexity index is 295. The van der Waals surface area contributed by atoms with Crippen molar-refractivity contribution in [1.29, 1.82) is 5.26 Å². The zero-order valence-electron chi connectivity index (χ0n) is 13.2. The van der Waals surface area contributed by atoms with E-state index in [0.29, 0.717) is 6.04 Å². The van der Waals surface area contributed by atoms with Crippen LogP contribution in [0.3, 0.4) is 0 Å². The molecule has 0 aromatic rings. The summed E-state index contributed by atoms with van der Waals surface area (Å²) in [7, 11) is 2.22. The van der Waals surface area contributed by atoms with Crippen molar-refractivity contribution < 1.29 is 0 Å². The predicted molar refractivity (Wildman–Crippen MR) is 81.0 cm³/mol. The average Bonchev–Trinajstić information content (AvgIpc) is 2.42. The average molecular weight is 265 g/mol. The molecule has 0 aliphatic heterocycles. The van der Waals surface area contributed by atoms with Crippen molar-refractivity contribution in [3.05, 3.63) is 0 Å². The second kappa shape index (κ2) is 7.87.